The van der Waals surface area contributed by atoms with Gasteiger partial charge in [0.05, 0.1) is 5.69 Å². The zero-order valence-electron chi connectivity index (χ0n) is 14.0. The van der Waals surface area contributed by atoms with Crippen LogP contribution in [0.4, 0.5) is 17.6 Å². The smallest absolute Gasteiger partial charge is 0.312 e. The third-order valence-electron chi connectivity index (χ3n) is 4.04. The van der Waals surface area contributed by atoms with E-state index >= 15 is 0 Å². The van der Waals surface area contributed by atoms with Crippen molar-refractivity contribution in [1.29, 1.82) is 0 Å². The van der Waals surface area contributed by atoms with Crippen LogP contribution in [0.3, 0.4) is 0 Å². The van der Waals surface area contributed by atoms with E-state index < -0.39 is 17.8 Å². The van der Waals surface area contributed by atoms with Crippen LogP contribution in [0, 0.1) is 5.82 Å². The fraction of sp³-hybridized carbons (Fsp3) is 0.125. The molecule has 0 aliphatic rings. The number of imidazole rings is 1. The van der Waals surface area contributed by atoms with Crippen LogP contribution in [0.2, 0.25) is 0 Å². The maximum Gasteiger partial charge on any atom is 0.451 e. The first-order valence-corrected chi connectivity index (χ1v) is 7.90. The molecule has 4 aromatic rings. The Bertz CT molecular complexity index is 1180. The molecule has 1 N–H and O–H groups in total. The molecule has 28 heavy (non-hydrogen) atoms. The van der Waals surface area contributed by atoms with E-state index in [4.69, 9.17) is 15.7 Å². The van der Waals surface area contributed by atoms with E-state index in [-0.39, 0.29) is 40.5 Å². The number of alkyl halides is 3. The van der Waals surface area contributed by atoms with Gasteiger partial charge in [0.2, 0.25) is 11.6 Å². The number of hydrogen-bond donors (Lipinski definition) is 1. The number of aromatic amines is 1. The average Bonchev–Trinajstić information content (AvgIpc) is 3.24. The fourth-order valence-corrected chi connectivity index (χ4v) is 2.70. The van der Waals surface area contributed by atoms with Crippen molar-refractivity contribution in [3.63, 3.8) is 0 Å². The van der Waals surface area contributed by atoms with Crippen LogP contribution in [0.1, 0.15) is 17.1 Å². The molecule has 0 aliphatic carbocycles. The van der Waals surface area contributed by atoms with Gasteiger partial charge in [-0.3, -0.25) is 5.10 Å². The predicted molar refractivity (Wildman–Crippen MR) is 93.3 cm³/mol. The highest BCUT2D eigenvalue weighted by molar-refractivity contribution is 6.47. The summed E-state index contributed by atoms with van der Waals surface area (Å²) in [6.07, 6.45) is -3.36. The fourth-order valence-electron chi connectivity index (χ4n) is 2.70. The van der Waals surface area contributed by atoms with E-state index in [1.807, 2.05) is 5.10 Å². The van der Waals surface area contributed by atoms with E-state index in [9.17, 15) is 17.6 Å². The molecule has 0 saturated heterocycles. The van der Waals surface area contributed by atoms with Gasteiger partial charge in [0, 0.05) is 12.6 Å². The Labute approximate surface area is 157 Å². The summed E-state index contributed by atoms with van der Waals surface area (Å²) in [4.78, 5) is 11.8. The number of halogens is 4. The molecule has 4 radical (unpaired) electrons. The predicted octanol–water partition coefficient (Wildman–Crippen LogP) is 0.851. The Morgan fingerprint density at radius 3 is 2.50 bits per heavy atom. The van der Waals surface area contributed by atoms with E-state index in [1.54, 1.807) is 12.1 Å². The van der Waals surface area contributed by atoms with Gasteiger partial charge in [-0.05, 0) is 22.8 Å². The number of H-pyrrole nitrogens is 1. The number of nitrogens with one attached hydrogen (secondary N) is 1. The minimum atomic E-state index is -4.69. The van der Waals surface area contributed by atoms with Crippen molar-refractivity contribution < 1.29 is 17.6 Å². The minimum absolute atomic E-state index is 0.00492. The van der Waals surface area contributed by atoms with Gasteiger partial charge >= 0.3 is 6.18 Å². The Balaban J connectivity index is 1.88. The van der Waals surface area contributed by atoms with Gasteiger partial charge < -0.3 is 4.40 Å². The molecule has 0 bridgehead atoms. The number of benzene rings is 1. The quantitative estimate of drug-likeness (QED) is 0.422. The molecule has 0 spiro atoms. The van der Waals surface area contributed by atoms with Crippen LogP contribution in [-0.4, -0.2) is 45.2 Å². The summed E-state index contributed by atoms with van der Waals surface area (Å²) in [5.74, 6) is -2.02. The summed E-state index contributed by atoms with van der Waals surface area (Å²) >= 11 is 0. The third kappa shape index (κ3) is 3.14. The van der Waals surface area contributed by atoms with Crippen molar-refractivity contribution in [2.75, 3.05) is 0 Å². The normalized spacial score (nSPS) is 12.0. The first-order valence-electron chi connectivity index (χ1n) is 7.90. The van der Waals surface area contributed by atoms with Crippen molar-refractivity contribution in [2.45, 2.75) is 12.6 Å². The lowest BCUT2D eigenvalue weighted by atomic mass is 9.91. The number of nitrogens with zero attached hydrogens (tertiary/aromatic N) is 5. The second-order valence-corrected chi connectivity index (χ2v) is 5.92. The molecule has 136 valence electrons. The Kier molecular flexibility index (Phi) is 4.20. The van der Waals surface area contributed by atoms with Gasteiger partial charge in [0.25, 0.3) is 0 Å². The molecule has 0 amide bonds. The van der Waals surface area contributed by atoms with E-state index in [1.165, 1.54) is 22.7 Å². The molecular weight excluding hydrogens is 374 g/mol. The van der Waals surface area contributed by atoms with Crippen LogP contribution in [0.25, 0.3) is 17.2 Å². The summed E-state index contributed by atoms with van der Waals surface area (Å²) < 4.78 is 53.8. The van der Waals surface area contributed by atoms with Crippen LogP contribution >= 0.6 is 0 Å². The largest absolute Gasteiger partial charge is 0.451 e. The lowest BCUT2D eigenvalue weighted by Gasteiger charge is -2.08. The summed E-state index contributed by atoms with van der Waals surface area (Å²) in [6.45, 7) is 0. The molecule has 0 atom stereocenters. The third-order valence-corrected chi connectivity index (χ3v) is 4.04. The Morgan fingerprint density at radius 1 is 1.07 bits per heavy atom. The molecule has 0 fully saturated rings. The van der Waals surface area contributed by atoms with Gasteiger partial charge in [-0.1, -0.05) is 18.2 Å². The highest BCUT2D eigenvalue weighted by Gasteiger charge is 2.35. The number of fused-ring (bicyclic) bond motifs is 1. The lowest BCUT2D eigenvalue weighted by molar-refractivity contribution is -0.144. The molecule has 4 rings (SSSR count). The van der Waals surface area contributed by atoms with E-state index in [0.29, 0.717) is 5.56 Å². The first kappa shape index (κ1) is 18.2. The Morgan fingerprint density at radius 2 is 1.82 bits per heavy atom. The van der Waals surface area contributed by atoms with Crippen LogP contribution in [0.15, 0.2) is 30.5 Å². The minimum Gasteiger partial charge on any atom is -0.312 e. The van der Waals surface area contributed by atoms with Gasteiger partial charge in [-0.25, -0.2) is 19.3 Å². The highest BCUT2D eigenvalue weighted by Crippen LogP contribution is 2.27. The molecule has 0 saturated carbocycles. The zero-order chi connectivity index (χ0) is 20.1. The maximum atomic E-state index is 14.1. The molecule has 3 aromatic heterocycles. The summed E-state index contributed by atoms with van der Waals surface area (Å²) in [7, 11) is 11.6. The van der Waals surface area contributed by atoms with Crippen molar-refractivity contribution in [3.8, 4) is 11.5 Å². The van der Waals surface area contributed by atoms with E-state index in [2.05, 4.69) is 20.1 Å². The van der Waals surface area contributed by atoms with Gasteiger partial charge in [-0.15, -0.1) is 0 Å². The standard InChI is InChI=1S/C16H8B2F4N6/c17-11-12(18)28-6-10(13-25-15(27-26-13)16(20,21)22)23-9(14(28)24-11)5-7-3-1-2-4-8(7)19/h1-4,6H,5H2,(H,25,26,27). The van der Waals surface area contributed by atoms with Crippen molar-refractivity contribution in [3.05, 3.63) is 53.4 Å². The highest BCUT2D eigenvalue weighted by atomic mass is 19.4. The topological polar surface area (TPSA) is 71.8 Å². The number of hydrogen-bond acceptors (Lipinski definition) is 4. The van der Waals surface area contributed by atoms with Crippen molar-refractivity contribution >= 4 is 32.5 Å². The maximum absolute atomic E-state index is 14.1. The average molecular weight is 382 g/mol. The number of aromatic nitrogens is 6. The second-order valence-electron chi connectivity index (χ2n) is 5.92. The zero-order valence-corrected chi connectivity index (χ0v) is 14.0. The van der Waals surface area contributed by atoms with Gasteiger partial charge in [-0.2, -0.15) is 18.3 Å². The van der Waals surface area contributed by atoms with E-state index in [0.717, 1.165) is 0 Å². The summed E-state index contributed by atoms with van der Waals surface area (Å²) in [5, 5.41) is 5.39. The van der Waals surface area contributed by atoms with Crippen molar-refractivity contribution in [2.24, 2.45) is 0 Å². The van der Waals surface area contributed by atoms with Gasteiger partial charge in [0.1, 0.15) is 27.2 Å². The molecule has 12 heteroatoms. The molecule has 1 aromatic carbocycles. The van der Waals surface area contributed by atoms with Gasteiger partial charge in [0.15, 0.2) is 5.65 Å². The molecule has 0 unspecified atom stereocenters. The molecule has 6 nitrogen and oxygen atoms in total. The van der Waals surface area contributed by atoms with Crippen LogP contribution in [-0.2, 0) is 12.6 Å². The van der Waals surface area contributed by atoms with Crippen LogP contribution in [0.5, 0.6) is 0 Å². The second kappa shape index (κ2) is 6.47. The molecule has 0 aliphatic heterocycles. The van der Waals surface area contributed by atoms with Crippen molar-refractivity contribution in [1.82, 2.24) is 29.5 Å². The monoisotopic (exact) mass is 382 g/mol. The first-order chi connectivity index (χ1) is 13.2. The number of rotatable bonds is 3. The summed E-state index contributed by atoms with van der Waals surface area (Å²) in [5.41, 5.74) is 0.910. The molecule has 3 heterocycles. The SMILES string of the molecule is [B]c1nc2c(Cc3ccccc3F)nc(-c3n[nH]c(C(F)(F)F)n3)cn2c1[B]. The summed E-state index contributed by atoms with van der Waals surface area (Å²) in [6, 6.07) is 6.04. The molecular formula is C16H8B2F4N6. The Hall–Kier alpha value is -3.17. The lowest BCUT2D eigenvalue weighted by Crippen LogP contribution is -2.27. The van der Waals surface area contributed by atoms with Crippen LogP contribution < -0.4 is 11.2 Å².